The molecule has 8 nitrogen and oxygen atoms in total. The van der Waals surface area contributed by atoms with E-state index in [2.05, 4.69) is 10.6 Å². The lowest BCUT2D eigenvalue weighted by atomic mass is 10.1. The van der Waals surface area contributed by atoms with Crippen molar-refractivity contribution in [2.75, 3.05) is 25.1 Å². The fraction of sp³-hybridized carbons (Fsp3) is 0.316. The predicted molar refractivity (Wildman–Crippen MR) is 97.0 cm³/mol. The molecule has 27 heavy (non-hydrogen) atoms. The van der Waals surface area contributed by atoms with Crippen LogP contribution in [0.3, 0.4) is 0 Å². The lowest BCUT2D eigenvalue weighted by molar-refractivity contribution is -0.129. The van der Waals surface area contributed by atoms with Crippen LogP contribution in [0.15, 0.2) is 47.1 Å². The quantitative estimate of drug-likeness (QED) is 0.758. The monoisotopic (exact) mass is 371 g/mol. The molecule has 0 spiro atoms. The smallest absolute Gasteiger partial charge is 0.239 e. The number of nitrogens with zero attached hydrogens (tertiary/aromatic N) is 1. The van der Waals surface area contributed by atoms with Gasteiger partial charge in [0.15, 0.2) is 0 Å². The van der Waals surface area contributed by atoms with E-state index in [1.165, 1.54) is 6.26 Å². The van der Waals surface area contributed by atoms with Crippen LogP contribution in [0.5, 0.6) is 5.75 Å². The van der Waals surface area contributed by atoms with Crippen molar-refractivity contribution >= 4 is 23.4 Å². The van der Waals surface area contributed by atoms with Crippen molar-refractivity contribution in [3.8, 4) is 5.75 Å². The molecule has 1 aromatic heterocycles. The van der Waals surface area contributed by atoms with Gasteiger partial charge in [-0.2, -0.15) is 0 Å². The number of methoxy groups -OCH3 is 1. The van der Waals surface area contributed by atoms with Gasteiger partial charge in [-0.15, -0.1) is 0 Å². The van der Waals surface area contributed by atoms with Gasteiger partial charge in [-0.1, -0.05) is 0 Å². The summed E-state index contributed by atoms with van der Waals surface area (Å²) in [5.74, 6) is 0.0788. The zero-order valence-electron chi connectivity index (χ0n) is 14.9. The van der Waals surface area contributed by atoms with Crippen LogP contribution < -0.4 is 20.3 Å². The Labute approximate surface area is 156 Å². The summed E-state index contributed by atoms with van der Waals surface area (Å²) in [5.41, 5.74) is 0.715. The maximum absolute atomic E-state index is 12.3. The summed E-state index contributed by atoms with van der Waals surface area (Å²) in [5, 5.41) is 5.23. The molecule has 3 amide bonds. The standard InChI is InChI=1S/C19H21N3O5/c1-26-15-6-4-14(5-7-15)22-12-13(9-18(22)24)19(25)21-11-17(23)20-10-16-3-2-8-27-16/h2-8,13H,9-12H2,1H3,(H,20,23)(H,21,25)/t13-/m0/s1. The number of hydrogen-bond acceptors (Lipinski definition) is 5. The number of rotatable bonds is 7. The van der Waals surface area contributed by atoms with Crippen LogP contribution in [-0.4, -0.2) is 37.9 Å². The van der Waals surface area contributed by atoms with Gasteiger partial charge < -0.3 is 24.7 Å². The van der Waals surface area contributed by atoms with Crippen LogP contribution in [-0.2, 0) is 20.9 Å². The fourth-order valence-electron chi connectivity index (χ4n) is 2.87. The van der Waals surface area contributed by atoms with E-state index >= 15 is 0 Å². The molecular weight excluding hydrogens is 350 g/mol. The lowest BCUT2D eigenvalue weighted by Gasteiger charge is -2.17. The highest BCUT2D eigenvalue weighted by Gasteiger charge is 2.35. The van der Waals surface area contributed by atoms with Crippen LogP contribution in [0.1, 0.15) is 12.2 Å². The number of amides is 3. The summed E-state index contributed by atoms with van der Waals surface area (Å²) >= 11 is 0. The number of ether oxygens (including phenoxy) is 1. The van der Waals surface area contributed by atoms with Gasteiger partial charge in [0.2, 0.25) is 17.7 Å². The number of nitrogens with one attached hydrogen (secondary N) is 2. The Kier molecular flexibility index (Phi) is 5.75. The highest BCUT2D eigenvalue weighted by atomic mass is 16.5. The number of hydrogen-bond donors (Lipinski definition) is 2. The first kappa shape index (κ1) is 18.5. The summed E-state index contributed by atoms with van der Waals surface area (Å²) in [4.78, 5) is 37.9. The van der Waals surface area contributed by atoms with E-state index in [1.54, 1.807) is 48.4 Å². The molecule has 8 heteroatoms. The molecule has 0 saturated carbocycles. The first-order valence-electron chi connectivity index (χ1n) is 8.58. The Bertz CT molecular complexity index is 801. The minimum absolute atomic E-state index is 0.117. The molecule has 0 aliphatic carbocycles. The molecule has 2 N–H and O–H groups in total. The first-order chi connectivity index (χ1) is 13.1. The van der Waals surface area contributed by atoms with Crippen LogP contribution >= 0.6 is 0 Å². The normalized spacial score (nSPS) is 16.3. The van der Waals surface area contributed by atoms with Gasteiger partial charge in [-0.25, -0.2) is 0 Å². The molecule has 2 aromatic rings. The van der Waals surface area contributed by atoms with Crippen LogP contribution in [0.2, 0.25) is 0 Å². The molecule has 2 heterocycles. The SMILES string of the molecule is COc1ccc(N2C[C@@H](C(=O)NCC(=O)NCc3ccco3)CC2=O)cc1. The Morgan fingerprint density at radius 1 is 1.22 bits per heavy atom. The fourth-order valence-corrected chi connectivity index (χ4v) is 2.87. The van der Waals surface area contributed by atoms with Gasteiger partial charge in [0, 0.05) is 18.7 Å². The van der Waals surface area contributed by atoms with Gasteiger partial charge in [-0.3, -0.25) is 14.4 Å². The molecule has 0 radical (unpaired) electrons. The van der Waals surface area contributed by atoms with Crippen molar-refractivity contribution in [2.45, 2.75) is 13.0 Å². The molecule has 3 rings (SSSR count). The summed E-state index contributed by atoms with van der Waals surface area (Å²) in [6.07, 6.45) is 1.64. The third-order valence-electron chi connectivity index (χ3n) is 4.34. The highest BCUT2D eigenvalue weighted by molar-refractivity contribution is 6.00. The Hall–Kier alpha value is -3.29. The van der Waals surface area contributed by atoms with Crippen LogP contribution in [0.25, 0.3) is 0 Å². The van der Waals surface area contributed by atoms with Crippen LogP contribution in [0, 0.1) is 5.92 Å². The molecule has 1 saturated heterocycles. The summed E-state index contributed by atoms with van der Waals surface area (Å²) in [7, 11) is 1.57. The summed E-state index contributed by atoms with van der Waals surface area (Å²) in [6, 6.07) is 10.6. The maximum Gasteiger partial charge on any atom is 0.239 e. The van der Waals surface area contributed by atoms with Gasteiger partial charge >= 0.3 is 0 Å². The molecule has 1 atom stereocenters. The van der Waals surface area contributed by atoms with E-state index < -0.39 is 5.92 Å². The highest BCUT2D eigenvalue weighted by Crippen LogP contribution is 2.26. The first-order valence-corrected chi connectivity index (χ1v) is 8.58. The van der Waals surface area contributed by atoms with Crippen molar-refractivity contribution in [3.05, 3.63) is 48.4 Å². The number of anilines is 1. The number of carbonyl (C=O) groups excluding carboxylic acids is 3. The Balaban J connectivity index is 1.47. The largest absolute Gasteiger partial charge is 0.497 e. The van der Waals surface area contributed by atoms with Gasteiger partial charge in [0.05, 0.1) is 32.4 Å². The van der Waals surface area contributed by atoms with Crippen molar-refractivity contribution in [2.24, 2.45) is 5.92 Å². The molecule has 142 valence electrons. The topological polar surface area (TPSA) is 101 Å². The third kappa shape index (κ3) is 4.66. The minimum atomic E-state index is -0.488. The minimum Gasteiger partial charge on any atom is -0.497 e. The summed E-state index contributed by atoms with van der Waals surface area (Å²) in [6.45, 7) is 0.395. The zero-order chi connectivity index (χ0) is 19.2. The molecular formula is C19H21N3O5. The molecule has 0 unspecified atom stereocenters. The number of benzene rings is 1. The Morgan fingerprint density at radius 3 is 2.67 bits per heavy atom. The van der Waals surface area contributed by atoms with E-state index in [4.69, 9.17) is 9.15 Å². The maximum atomic E-state index is 12.3. The van der Waals surface area contributed by atoms with E-state index in [0.29, 0.717) is 17.2 Å². The van der Waals surface area contributed by atoms with E-state index in [-0.39, 0.29) is 43.8 Å². The van der Waals surface area contributed by atoms with Gasteiger partial charge in [0.25, 0.3) is 0 Å². The van der Waals surface area contributed by atoms with Gasteiger partial charge in [0.1, 0.15) is 11.5 Å². The molecule has 1 aromatic carbocycles. The second-order valence-electron chi connectivity index (χ2n) is 6.18. The average molecular weight is 371 g/mol. The molecule has 0 bridgehead atoms. The molecule has 1 aliphatic rings. The van der Waals surface area contributed by atoms with Gasteiger partial charge in [-0.05, 0) is 36.4 Å². The summed E-state index contributed by atoms with van der Waals surface area (Å²) < 4.78 is 10.2. The van der Waals surface area contributed by atoms with E-state index in [0.717, 1.165) is 0 Å². The van der Waals surface area contributed by atoms with Crippen molar-refractivity contribution in [1.82, 2.24) is 10.6 Å². The zero-order valence-corrected chi connectivity index (χ0v) is 14.9. The van der Waals surface area contributed by atoms with E-state index in [9.17, 15) is 14.4 Å². The van der Waals surface area contributed by atoms with Crippen molar-refractivity contribution in [3.63, 3.8) is 0 Å². The third-order valence-corrected chi connectivity index (χ3v) is 4.34. The van der Waals surface area contributed by atoms with Crippen molar-refractivity contribution < 1.29 is 23.5 Å². The van der Waals surface area contributed by atoms with E-state index in [1.807, 2.05) is 0 Å². The second kappa shape index (κ2) is 8.39. The van der Waals surface area contributed by atoms with Crippen LogP contribution in [0.4, 0.5) is 5.69 Å². The second-order valence-corrected chi connectivity index (χ2v) is 6.18. The predicted octanol–water partition coefficient (Wildman–Crippen LogP) is 1.07. The number of carbonyl (C=O) groups is 3. The Morgan fingerprint density at radius 2 is 2.00 bits per heavy atom. The average Bonchev–Trinajstić information content (AvgIpc) is 3.34. The van der Waals surface area contributed by atoms with Crippen molar-refractivity contribution in [1.29, 1.82) is 0 Å². The molecule has 1 fully saturated rings. The number of furan rings is 1. The lowest BCUT2D eigenvalue weighted by Crippen LogP contribution is -2.40. The molecule has 1 aliphatic heterocycles.